The lowest BCUT2D eigenvalue weighted by Gasteiger charge is -2.40. The fourth-order valence-corrected chi connectivity index (χ4v) is 6.44. The van der Waals surface area contributed by atoms with Crippen LogP contribution in [0.1, 0.15) is 84.6 Å². The molecule has 0 bridgehead atoms. The zero-order valence-electron chi connectivity index (χ0n) is 23.0. The standard InChI is InChI=1S/C32H44N4O2/c1-2-25-13-15-26(16-14-25)31(37)33-27-17-19-35(20-18-27)30-12-8-7-11-29(30)32(38)36-23-21-34(22-24-36)28-9-5-3-4-6-10-28/h7-8,11-16,27-28H,2-6,9-10,17-24H2,1H3,(H,33,37). The van der Waals surface area contributed by atoms with Gasteiger partial charge in [0.05, 0.1) is 5.56 Å². The molecule has 204 valence electrons. The number of nitrogens with one attached hydrogen (secondary N) is 1. The van der Waals surface area contributed by atoms with Crippen LogP contribution in [0.3, 0.4) is 0 Å². The molecule has 1 aliphatic carbocycles. The van der Waals surface area contributed by atoms with E-state index < -0.39 is 0 Å². The monoisotopic (exact) mass is 516 g/mol. The van der Waals surface area contributed by atoms with Crippen molar-refractivity contribution in [1.29, 1.82) is 0 Å². The summed E-state index contributed by atoms with van der Waals surface area (Å²) in [5, 5.41) is 3.22. The van der Waals surface area contributed by atoms with Gasteiger partial charge in [-0.25, -0.2) is 0 Å². The molecular formula is C32H44N4O2. The van der Waals surface area contributed by atoms with Crippen LogP contribution in [0, 0.1) is 0 Å². The van der Waals surface area contributed by atoms with E-state index >= 15 is 0 Å². The Morgan fingerprint density at radius 1 is 0.789 bits per heavy atom. The first-order valence-electron chi connectivity index (χ1n) is 14.9. The molecule has 0 radical (unpaired) electrons. The van der Waals surface area contributed by atoms with Gasteiger partial charge in [-0.15, -0.1) is 0 Å². The van der Waals surface area contributed by atoms with Gasteiger partial charge >= 0.3 is 0 Å². The Kier molecular flexibility index (Phi) is 9.00. The number of carbonyl (C=O) groups is 2. The molecule has 2 aliphatic heterocycles. The van der Waals surface area contributed by atoms with Crippen molar-refractivity contribution in [3.63, 3.8) is 0 Å². The van der Waals surface area contributed by atoms with Crippen LogP contribution in [0.25, 0.3) is 0 Å². The highest BCUT2D eigenvalue weighted by Crippen LogP contribution is 2.27. The second kappa shape index (κ2) is 12.8. The average molecular weight is 517 g/mol. The maximum Gasteiger partial charge on any atom is 0.256 e. The van der Waals surface area contributed by atoms with Crippen LogP contribution >= 0.6 is 0 Å². The Morgan fingerprint density at radius 3 is 2.11 bits per heavy atom. The maximum atomic E-state index is 13.6. The normalized spacial score (nSPS) is 20.2. The number of aryl methyl sites for hydroxylation is 1. The summed E-state index contributed by atoms with van der Waals surface area (Å²) in [5.41, 5.74) is 3.81. The van der Waals surface area contributed by atoms with Gasteiger partial charge in [0.25, 0.3) is 11.8 Å². The van der Waals surface area contributed by atoms with Gasteiger partial charge in [-0.2, -0.15) is 0 Å². The van der Waals surface area contributed by atoms with Gasteiger partial charge in [-0.1, -0.05) is 56.9 Å². The number of piperazine rings is 1. The molecule has 2 amide bonds. The largest absolute Gasteiger partial charge is 0.371 e. The van der Waals surface area contributed by atoms with Crippen LogP contribution in [0.2, 0.25) is 0 Å². The molecule has 0 atom stereocenters. The second-order valence-electron chi connectivity index (χ2n) is 11.3. The van der Waals surface area contributed by atoms with Crippen LogP contribution in [0.15, 0.2) is 48.5 Å². The fourth-order valence-electron chi connectivity index (χ4n) is 6.44. The molecule has 3 fully saturated rings. The predicted molar refractivity (Wildman–Crippen MR) is 154 cm³/mol. The van der Waals surface area contributed by atoms with E-state index in [-0.39, 0.29) is 17.9 Å². The Balaban J connectivity index is 1.15. The first kappa shape index (κ1) is 26.7. The number of para-hydroxylation sites is 1. The second-order valence-corrected chi connectivity index (χ2v) is 11.3. The highest BCUT2D eigenvalue weighted by atomic mass is 16.2. The third kappa shape index (κ3) is 6.40. The smallest absolute Gasteiger partial charge is 0.256 e. The number of nitrogens with zero attached hydrogens (tertiary/aromatic N) is 3. The Labute approximate surface area is 228 Å². The predicted octanol–water partition coefficient (Wildman–Crippen LogP) is 5.13. The summed E-state index contributed by atoms with van der Waals surface area (Å²) < 4.78 is 0. The van der Waals surface area contributed by atoms with Crippen LogP contribution in [0.4, 0.5) is 5.69 Å². The summed E-state index contributed by atoms with van der Waals surface area (Å²) >= 11 is 0. The minimum atomic E-state index is 0.00433. The van der Waals surface area contributed by atoms with Gasteiger partial charge < -0.3 is 15.1 Å². The van der Waals surface area contributed by atoms with Crippen LogP contribution in [0.5, 0.6) is 0 Å². The quantitative estimate of drug-likeness (QED) is 0.541. The SMILES string of the molecule is CCc1ccc(C(=O)NC2CCN(c3ccccc3C(=O)N3CCN(C4CCCCCC4)CC3)CC2)cc1. The van der Waals surface area contributed by atoms with Crippen molar-refractivity contribution in [2.45, 2.75) is 76.8 Å². The number of hydrogen-bond acceptors (Lipinski definition) is 4. The maximum absolute atomic E-state index is 13.6. The molecule has 1 saturated carbocycles. The van der Waals surface area contributed by atoms with Crippen molar-refractivity contribution < 1.29 is 9.59 Å². The Hall–Kier alpha value is -2.86. The summed E-state index contributed by atoms with van der Waals surface area (Å²) in [5.74, 6) is 0.164. The Bertz CT molecular complexity index is 1060. The summed E-state index contributed by atoms with van der Waals surface area (Å²) in [6.45, 7) is 7.40. The number of hydrogen-bond donors (Lipinski definition) is 1. The molecule has 2 saturated heterocycles. The van der Waals surface area contributed by atoms with E-state index in [1.54, 1.807) is 0 Å². The molecular weight excluding hydrogens is 472 g/mol. The van der Waals surface area contributed by atoms with E-state index in [1.807, 2.05) is 42.5 Å². The molecule has 6 nitrogen and oxygen atoms in total. The van der Waals surface area contributed by atoms with Crippen molar-refractivity contribution in [3.05, 3.63) is 65.2 Å². The van der Waals surface area contributed by atoms with Crippen LogP contribution in [-0.4, -0.2) is 73.0 Å². The molecule has 6 heteroatoms. The zero-order chi connectivity index (χ0) is 26.3. The van der Waals surface area contributed by atoms with Gasteiger partial charge in [0.1, 0.15) is 0 Å². The molecule has 2 heterocycles. The van der Waals surface area contributed by atoms with E-state index in [0.29, 0.717) is 6.04 Å². The number of benzene rings is 2. The lowest BCUT2D eigenvalue weighted by Crippen LogP contribution is -2.52. The minimum Gasteiger partial charge on any atom is -0.371 e. The van der Waals surface area contributed by atoms with E-state index in [1.165, 1.54) is 44.1 Å². The molecule has 1 N–H and O–H groups in total. The van der Waals surface area contributed by atoms with Crippen molar-refractivity contribution in [2.24, 2.45) is 0 Å². The number of rotatable bonds is 6. The zero-order valence-corrected chi connectivity index (χ0v) is 23.0. The number of carbonyl (C=O) groups excluding carboxylic acids is 2. The van der Waals surface area contributed by atoms with Gasteiger partial charge in [0.2, 0.25) is 0 Å². The van der Waals surface area contributed by atoms with Crippen LogP contribution in [-0.2, 0) is 6.42 Å². The summed E-state index contributed by atoms with van der Waals surface area (Å²) in [4.78, 5) is 33.4. The molecule has 0 spiro atoms. The Morgan fingerprint density at radius 2 is 1.45 bits per heavy atom. The highest BCUT2D eigenvalue weighted by Gasteiger charge is 2.29. The number of anilines is 1. The minimum absolute atomic E-state index is 0.00433. The van der Waals surface area contributed by atoms with Crippen molar-refractivity contribution in [3.8, 4) is 0 Å². The topological polar surface area (TPSA) is 55.9 Å². The molecule has 38 heavy (non-hydrogen) atoms. The third-order valence-corrected chi connectivity index (χ3v) is 8.87. The highest BCUT2D eigenvalue weighted by molar-refractivity contribution is 6.00. The third-order valence-electron chi connectivity index (χ3n) is 8.87. The molecule has 0 aromatic heterocycles. The van der Waals surface area contributed by atoms with Crippen LogP contribution < -0.4 is 10.2 Å². The van der Waals surface area contributed by atoms with Crippen molar-refractivity contribution in [2.75, 3.05) is 44.2 Å². The lowest BCUT2D eigenvalue weighted by molar-refractivity contribution is 0.0552. The summed E-state index contributed by atoms with van der Waals surface area (Å²) in [6, 6.07) is 16.9. The number of piperidine rings is 1. The van der Waals surface area contributed by atoms with Gasteiger partial charge in [0.15, 0.2) is 0 Å². The first-order chi connectivity index (χ1) is 18.6. The van der Waals surface area contributed by atoms with E-state index in [4.69, 9.17) is 0 Å². The molecule has 2 aromatic carbocycles. The van der Waals surface area contributed by atoms with Gasteiger partial charge in [-0.3, -0.25) is 14.5 Å². The van der Waals surface area contributed by atoms with Crippen molar-refractivity contribution >= 4 is 17.5 Å². The summed E-state index contributed by atoms with van der Waals surface area (Å²) in [6.07, 6.45) is 10.8. The summed E-state index contributed by atoms with van der Waals surface area (Å²) in [7, 11) is 0. The van der Waals surface area contributed by atoms with Gasteiger partial charge in [-0.05, 0) is 61.9 Å². The van der Waals surface area contributed by atoms with E-state index in [9.17, 15) is 9.59 Å². The van der Waals surface area contributed by atoms with E-state index in [0.717, 1.165) is 75.3 Å². The molecule has 5 rings (SSSR count). The van der Waals surface area contributed by atoms with E-state index in [2.05, 4.69) is 33.0 Å². The molecule has 3 aliphatic rings. The van der Waals surface area contributed by atoms with Crippen molar-refractivity contribution in [1.82, 2.24) is 15.1 Å². The molecule has 2 aromatic rings. The lowest BCUT2D eigenvalue weighted by atomic mass is 10.0. The fraction of sp³-hybridized carbons (Fsp3) is 0.562. The first-order valence-corrected chi connectivity index (χ1v) is 14.9. The number of amides is 2. The van der Waals surface area contributed by atoms with Gasteiger partial charge in [0, 0.05) is 62.6 Å². The molecule has 0 unspecified atom stereocenters. The average Bonchev–Trinajstić information content (AvgIpc) is 3.27.